The fraction of sp³-hybridized carbons (Fsp3) is 0.875. The van der Waals surface area contributed by atoms with Gasteiger partial charge >= 0.3 is 0 Å². The van der Waals surface area contributed by atoms with Gasteiger partial charge in [0.25, 0.3) is 0 Å². The van der Waals surface area contributed by atoms with E-state index in [-0.39, 0.29) is 0 Å². The van der Waals surface area contributed by atoms with Gasteiger partial charge in [-0.1, -0.05) is 27.2 Å². The predicted octanol–water partition coefficient (Wildman–Crippen LogP) is 2.37. The Labute approximate surface area is 58.2 Å². The van der Waals surface area contributed by atoms with Crippen LogP contribution in [0.5, 0.6) is 0 Å². The largest absolute Gasteiger partial charge is 0.301 e. The maximum absolute atomic E-state index is 3.85. The molecule has 0 heterocycles. The van der Waals surface area contributed by atoms with E-state index >= 15 is 0 Å². The zero-order chi connectivity index (χ0) is 7.28. The number of hydrogen-bond donors (Lipinski definition) is 0. The minimum Gasteiger partial charge on any atom is -0.301 e. The monoisotopic (exact) mass is 127 g/mol. The van der Waals surface area contributed by atoms with Crippen molar-refractivity contribution in [1.29, 1.82) is 0 Å². The molecule has 0 aliphatic rings. The summed E-state index contributed by atoms with van der Waals surface area (Å²) in [4.78, 5) is 3.85. The molecule has 0 radical (unpaired) electrons. The van der Waals surface area contributed by atoms with Crippen LogP contribution in [0.1, 0.15) is 27.2 Å². The second-order valence-corrected chi connectivity index (χ2v) is 2.77. The fourth-order valence-electron chi connectivity index (χ4n) is 0.786. The van der Waals surface area contributed by atoms with E-state index in [1.165, 1.54) is 6.42 Å². The minimum atomic E-state index is 0.701. The van der Waals surface area contributed by atoms with Crippen LogP contribution in [0.25, 0.3) is 0 Å². The third-order valence-corrected chi connectivity index (χ3v) is 2.03. The van der Waals surface area contributed by atoms with Crippen molar-refractivity contribution in [2.75, 3.05) is 6.54 Å². The number of nitrogens with zero attached hydrogens (tertiary/aromatic N) is 1. The number of rotatable bonds is 4. The summed E-state index contributed by atoms with van der Waals surface area (Å²) in [5.74, 6) is 1.49. The van der Waals surface area contributed by atoms with Gasteiger partial charge < -0.3 is 4.99 Å². The summed E-state index contributed by atoms with van der Waals surface area (Å²) < 4.78 is 0. The fourth-order valence-corrected chi connectivity index (χ4v) is 0.786. The van der Waals surface area contributed by atoms with Crippen LogP contribution in [0, 0.1) is 11.8 Å². The summed E-state index contributed by atoms with van der Waals surface area (Å²) in [5, 5.41) is 0. The van der Waals surface area contributed by atoms with Gasteiger partial charge in [-0.15, -0.1) is 0 Å². The van der Waals surface area contributed by atoms with Crippen LogP contribution in [-0.2, 0) is 0 Å². The number of aliphatic imine (C=N–C) groups is 1. The van der Waals surface area contributed by atoms with Gasteiger partial charge in [-0.25, -0.2) is 0 Å². The lowest BCUT2D eigenvalue weighted by Gasteiger charge is -2.14. The van der Waals surface area contributed by atoms with Crippen molar-refractivity contribution in [3.63, 3.8) is 0 Å². The first-order valence-corrected chi connectivity index (χ1v) is 3.64. The lowest BCUT2D eigenvalue weighted by atomic mass is 9.94. The molecular weight excluding hydrogens is 110 g/mol. The van der Waals surface area contributed by atoms with E-state index < -0.39 is 0 Å². The van der Waals surface area contributed by atoms with E-state index in [2.05, 4.69) is 32.5 Å². The van der Waals surface area contributed by atoms with Gasteiger partial charge in [-0.05, 0) is 18.6 Å². The summed E-state index contributed by atoms with van der Waals surface area (Å²) in [7, 11) is 0. The highest BCUT2D eigenvalue weighted by Gasteiger charge is 2.07. The molecule has 0 saturated carbocycles. The Kier molecular flexibility index (Phi) is 4.37. The first-order chi connectivity index (χ1) is 4.22. The average molecular weight is 127 g/mol. The molecule has 0 N–H and O–H groups in total. The second kappa shape index (κ2) is 4.54. The van der Waals surface area contributed by atoms with Crippen molar-refractivity contribution < 1.29 is 0 Å². The smallest absolute Gasteiger partial charge is 0.0410 e. The van der Waals surface area contributed by atoms with E-state index in [0.717, 1.165) is 12.5 Å². The second-order valence-electron chi connectivity index (χ2n) is 2.77. The van der Waals surface area contributed by atoms with Crippen molar-refractivity contribution in [3.05, 3.63) is 0 Å². The molecule has 0 amide bonds. The van der Waals surface area contributed by atoms with E-state index in [9.17, 15) is 0 Å². The average Bonchev–Trinajstić information content (AvgIpc) is 1.87. The number of hydrogen-bond acceptors (Lipinski definition) is 1. The van der Waals surface area contributed by atoms with Gasteiger partial charge in [0.1, 0.15) is 0 Å². The van der Waals surface area contributed by atoms with Crippen molar-refractivity contribution in [1.82, 2.24) is 0 Å². The van der Waals surface area contributed by atoms with Crippen LogP contribution in [0.2, 0.25) is 0 Å². The highest BCUT2D eigenvalue weighted by Crippen LogP contribution is 2.13. The van der Waals surface area contributed by atoms with Crippen LogP contribution >= 0.6 is 0 Å². The Morgan fingerprint density at radius 3 is 2.22 bits per heavy atom. The Bertz CT molecular complexity index is 78.6. The minimum absolute atomic E-state index is 0.701. The summed E-state index contributed by atoms with van der Waals surface area (Å²) in [6, 6.07) is 0. The highest BCUT2D eigenvalue weighted by molar-refractivity contribution is 5.23. The summed E-state index contributed by atoms with van der Waals surface area (Å²) in [6.07, 6.45) is 1.25. The molecule has 0 aromatic heterocycles. The quantitative estimate of drug-likeness (QED) is 0.514. The summed E-state index contributed by atoms with van der Waals surface area (Å²) >= 11 is 0. The van der Waals surface area contributed by atoms with Crippen LogP contribution in [0.15, 0.2) is 4.99 Å². The molecule has 0 saturated heterocycles. The van der Waals surface area contributed by atoms with Gasteiger partial charge in [0, 0.05) is 6.54 Å². The standard InChI is InChI=1S/C8H17N/c1-5-7(2)8(3)6-9-4/h7-8H,4-6H2,1-3H3. The maximum atomic E-state index is 3.85. The van der Waals surface area contributed by atoms with E-state index in [0.29, 0.717) is 5.92 Å². The third-order valence-electron chi connectivity index (χ3n) is 2.03. The van der Waals surface area contributed by atoms with Crippen LogP contribution < -0.4 is 0 Å². The zero-order valence-electron chi connectivity index (χ0n) is 6.72. The van der Waals surface area contributed by atoms with Gasteiger partial charge in [0.2, 0.25) is 0 Å². The Hall–Kier alpha value is -0.330. The summed E-state index contributed by atoms with van der Waals surface area (Å²) in [5.41, 5.74) is 0. The van der Waals surface area contributed by atoms with Gasteiger partial charge in [0.05, 0.1) is 0 Å². The molecule has 0 rings (SSSR count). The zero-order valence-corrected chi connectivity index (χ0v) is 6.72. The molecule has 2 atom stereocenters. The van der Waals surface area contributed by atoms with Gasteiger partial charge in [-0.3, -0.25) is 0 Å². The van der Waals surface area contributed by atoms with Crippen molar-refractivity contribution in [3.8, 4) is 0 Å². The molecular formula is C8H17N. The molecule has 0 fully saturated rings. The highest BCUT2D eigenvalue weighted by atomic mass is 14.7. The molecule has 54 valence electrons. The molecule has 9 heavy (non-hydrogen) atoms. The van der Waals surface area contributed by atoms with Gasteiger partial charge in [-0.2, -0.15) is 0 Å². The normalized spacial score (nSPS) is 16.8. The van der Waals surface area contributed by atoms with Crippen molar-refractivity contribution in [2.45, 2.75) is 27.2 Å². The van der Waals surface area contributed by atoms with Crippen molar-refractivity contribution in [2.24, 2.45) is 16.8 Å². The predicted molar refractivity (Wildman–Crippen MR) is 43.0 cm³/mol. The molecule has 1 heteroatoms. The molecule has 0 aliphatic carbocycles. The first-order valence-electron chi connectivity index (χ1n) is 3.64. The first kappa shape index (κ1) is 8.67. The topological polar surface area (TPSA) is 12.4 Å². The van der Waals surface area contributed by atoms with Crippen molar-refractivity contribution >= 4 is 6.72 Å². The molecule has 1 nitrogen and oxygen atoms in total. The van der Waals surface area contributed by atoms with E-state index in [1.807, 2.05) is 0 Å². The molecule has 0 aromatic carbocycles. The Morgan fingerprint density at radius 2 is 1.89 bits per heavy atom. The molecule has 0 spiro atoms. The lowest BCUT2D eigenvalue weighted by molar-refractivity contribution is 0.387. The van der Waals surface area contributed by atoms with Crippen LogP contribution in [0.4, 0.5) is 0 Å². The molecule has 0 aromatic rings. The third kappa shape index (κ3) is 3.28. The Morgan fingerprint density at radius 1 is 1.33 bits per heavy atom. The van der Waals surface area contributed by atoms with Gasteiger partial charge in [0.15, 0.2) is 0 Å². The van der Waals surface area contributed by atoms with E-state index in [1.54, 1.807) is 0 Å². The molecule has 0 aliphatic heterocycles. The lowest BCUT2D eigenvalue weighted by Crippen LogP contribution is -2.09. The SMILES string of the molecule is C=NCC(C)C(C)CC. The van der Waals surface area contributed by atoms with Crippen LogP contribution in [-0.4, -0.2) is 13.3 Å². The summed E-state index contributed by atoms with van der Waals surface area (Å²) in [6.45, 7) is 11.1. The Balaban J connectivity index is 3.44. The molecule has 2 unspecified atom stereocenters. The molecule has 0 bridgehead atoms. The van der Waals surface area contributed by atoms with Crippen LogP contribution in [0.3, 0.4) is 0 Å². The van der Waals surface area contributed by atoms with E-state index in [4.69, 9.17) is 0 Å². The maximum Gasteiger partial charge on any atom is 0.0410 e.